The van der Waals surface area contributed by atoms with Gasteiger partial charge in [-0.25, -0.2) is 9.59 Å². The summed E-state index contributed by atoms with van der Waals surface area (Å²) in [4.78, 5) is 34.4. The number of carboxylic acids is 2. The summed E-state index contributed by atoms with van der Waals surface area (Å²) in [6.07, 6.45) is 0. The maximum Gasteiger partial charge on any atom is 0.429 e. The molecule has 18 aromatic carbocycles. The Balaban J connectivity index is 0.000000181. The maximum absolute atomic E-state index is 17.2. The number of carboxylic acid groups (broad SMARTS) is 2. The maximum atomic E-state index is 17.2. The Morgan fingerprint density at radius 2 is 0.187 bits per heavy atom. The van der Waals surface area contributed by atoms with Gasteiger partial charge in [0.2, 0.25) is 43.6 Å². The van der Waals surface area contributed by atoms with Gasteiger partial charge < -0.3 is 10.2 Å². The Morgan fingerprint density at radius 1 is 0.130 bits per heavy atom. The smallest absolute Gasteiger partial charge is 0.429 e. The fraction of sp³-hybridized carbons (Fsp3) is 0.0179. The molecule has 18 rings (SSSR count). The third-order valence-corrected chi connectivity index (χ3v) is 60.8. The molecule has 0 aromatic heterocycles. The Bertz CT molecular complexity index is 4810. The molecule has 123 heavy (non-hydrogen) atoms. The van der Waals surface area contributed by atoms with Crippen LogP contribution in [0.3, 0.4) is 0 Å². The molecular weight excluding hydrogens is 1700 g/mol. The largest absolute Gasteiger partial charge is 0.472 e. The molecule has 0 aliphatic heterocycles. The van der Waals surface area contributed by atoms with Crippen molar-refractivity contribution in [2.24, 2.45) is 0 Å². The first-order valence-corrected chi connectivity index (χ1v) is 51.8. The summed E-state index contributed by atoms with van der Waals surface area (Å²) in [5.41, 5.74) is 0. The molecule has 0 atom stereocenters. The predicted molar refractivity (Wildman–Crippen MR) is 532 cm³/mol. The summed E-state index contributed by atoms with van der Waals surface area (Å²) in [5, 5.41) is 46.3. The van der Waals surface area contributed by atoms with E-state index in [0.29, 0.717) is 0 Å². The monoisotopic (exact) mass is 1790 g/mol. The number of hydrogen-bond donors (Lipinski definition) is 2. The van der Waals surface area contributed by atoms with Gasteiger partial charge in [-0.05, 0) is 218 Å². The number of benzene rings is 18. The zero-order chi connectivity index (χ0) is 83.2. The molecule has 0 saturated carbocycles. The second-order valence-electron chi connectivity index (χ2n) is 29.9. The zero-order valence-electron chi connectivity index (χ0n) is 67.7. The summed E-state index contributed by atoms with van der Waals surface area (Å²) >= 11 is 0. The van der Waals surface area contributed by atoms with Gasteiger partial charge in [-0.1, -0.05) is 328 Å². The standard InChI is InChI=1S/2C56H45O2P3.Ru/c2*57-55(58)56(59(46-28-10-1-11-29-46,47-30-12-2-13-31-47)48-32-14-3-15-33-48,60(49-34-16-4-17-35-49,50-36-18-5-19-37-50)51-38-20-6-21-39-51)61(52-40-22-7-23-41-52,53-42-24-8-25-43-53)54-44-26-9-27-45-54;/h2*1-45H;/q2*+2;/p+2. The van der Waals surface area contributed by atoms with Crippen LogP contribution in [0.25, 0.3) is 0 Å². The second-order valence-corrected chi connectivity index (χ2v) is 53.4. The Morgan fingerprint density at radius 3 is 0.236 bits per heavy atom. The summed E-state index contributed by atoms with van der Waals surface area (Å²) in [7, 11) is -21.5. The summed E-state index contributed by atoms with van der Waals surface area (Å²) in [6.45, 7) is 0. The predicted octanol–water partition coefficient (Wildman–Crippen LogP) is 19.4. The van der Waals surface area contributed by atoms with E-state index in [4.69, 9.17) is 0 Å². The number of rotatable bonds is 26. The van der Waals surface area contributed by atoms with Crippen molar-refractivity contribution in [1.82, 2.24) is 0 Å². The molecule has 0 bridgehead atoms. The van der Waals surface area contributed by atoms with Crippen LogP contribution >= 0.6 is 43.6 Å². The summed E-state index contributed by atoms with van der Waals surface area (Å²) < 4.78 is -3.35. The number of carbonyl (C=O) groups is 2. The van der Waals surface area contributed by atoms with E-state index in [-0.39, 0.29) is 19.5 Å². The average molecular weight is 1790 g/mol. The van der Waals surface area contributed by atoms with Crippen molar-refractivity contribution in [1.29, 1.82) is 0 Å². The van der Waals surface area contributed by atoms with Crippen LogP contribution in [0.15, 0.2) is 546 Å². The molecule has 0 unspecified atom stereocenters. The van der Waals surface area contributed by atoms with Gasteiger partial charge in [0, 0.05) is 19.5 Å². The van der Waals surface area contributed by atoms with E-state index in [9.17, 15) is 10.2 Å². The summed E-state index contributed by atoms with van der Waals surface area (Å²) in [5.74, 6) is -1.65. The molecule has 0 amide bonds. The van der Waals surface area contributed by atoms with Gasteiger partial charge in [-0.2, -0.15) is 0 Å². The van der Waals surface area contributed by atoms with Crippen LogP contribution in [-0.2, 0) is 29.1 Å². The molecule has 18 aromatic rings. The van der Waals surface area contributed by atoms with Gasteiger partial charge >= 0.3 is 21.2 Å². The minimum Gasteiger partial charge on any atom is -0.472 e. The van der Waals surface area contributed by atoms with Crippen LogP contribution in [-0.4, -0.2) is 31.4 Å². The van der Waals surface area contributed by atoms with E-state index in [1.165, 1.54) is 0 Å². The van der Waals surface area contributed by atoms with Gasteiger partial charge in [-0.15, -0.1) is 0 Å². The molecule has 0 radical (unpaired) electrons. The molecule has 0 aliphatic carbocycles. The van der Waals surface area contributed by atoms with Crippen molar-refractivity contribution in [3.8, 4) is 0 Å². The van der Waals surface area contributed by atoms with E-state index in [2.05, 4.69) is 546 Å². The van der Waals surface area contributed by atoms with Crippen LogP contribution < -0.4 is 95.5 Å². The van der Waals surface area contributed by atoms with Crippen LogP contribution in [0.4, 0.5) is 0 Å². The molecule has 4 nitrogen and oxygen atoms in total. The van der Waals surface area contributed by atoms with E-state index in [0.717, 1.165) is 95.5 Å². The van der Waals surface area contributed by atoms with Gasteiger partial charge in [0.25, 0.3) is 0 Å². The van der Waals surface area contributed by atoms with Gasteiger partial charge in [0.15, 0.2) is 0 Å². The molecule has 0 aliphatic rings. The SMILES string of the molecule is O=C(O)C([P+](c1ccccc1)(c1ccccc1)c1ccccc1)([P+](c1ccccc1)(c1ccccc1)c1ccccc1)[P+](c1ccccc1)(c1ccccc1)c1ccccc1.O=C(O)C([P+](c1ccccc1)(c1ccccc1)c1ccccc1)([P+](c1ccccc1)(c1ccccc1)c1ccccc1)[P+](c1ccccc1)(c1ccccc1)c1ccccc1.[Ru]. The normalized spacial score (nSPS) is 12.0. The Labute approximate surface area is 739 Å². The quantitative estimate of drug-likeness (QED) is 0.0418. The second kappa shape index (κ2) is 37.8. The van der Waals surface area contributed by atoms with Gasteiger partial charge in [0.05, 0.1) is 0 Å². The van der Waals surface area contributed by atoms with Crippen molar-refractivity contribution < 1.29 is 39.3 Å². The number of hydrogen-bond acceptors (Lipinski definition) is 2. The molecule has 2 N–H and O–H groups in total. The zero-order valence-corrected chi connectivity index (χ0v) is 74.8. The molecule has 0 spiro atoms. The molecule has 596 valence electrons. The summed E-state index contributed by atoms with van der Waals surface area (Å²) in [6, 6.07) is 193. The van der Waals surface area contributed by atoms with Crippen molar-refractivity contribution in [2.75, 3.05) is 0 Å². The molecule has 11 heteroatoms. The van der Waals surface area contributed by atoms with Crippen LogP contribution in [0.5, 0.6) is 0 Å². The Hall–Kier alpha value is -11.9. The molecular formula is C112H92O4P6Ru+6. The third kappa shape index (κ3) is 13.7. The topological polar surface area (TPSA) is 74.6 Å². The fourth-order valence-electron chi connectivity index (χ4n) is 19.9. The first-order chi connectivity index (χ1) is 60.3. The van der Waals surface area contributed by atoms with E-state index in [1.807, 2.05) is 0 Å². The van der Waals surface area contributed by atoms with Crippen molar-refractivity contribution in [2.45, 2.75) is 9.28 Å². The van der Waals surface area contributed by atoms with Crippen LogP contribution in [0.1, 0.15) is 0 Å². The van der Waals surface area contributed by atoms with Crippen molar-refractivity contribution in [3.05, 3.63) is 546 Å². The van der Waals surface area contributed by atoms with Gasteiger partial charge in [-0.3, -0.25) is 0 Å². The first-order valence-electron chi connectivity index (χ1n) is 41.1. The molecule has 0 fully saturated rings. The van der Waals surface area contributed by atoms with E-state index in [1.54, 1.807) is 0 Å². The van der Waals surface area contributed by atoms with E-state index < -0.39 is 64.8 Å². The minimum atomic E-state index is -3.59. The third-order valence-electron chi connectivity index (χ3n) is 24.0. The fourth-order valence-corrected chi connectivity index (χ4v) is 67.9. The van der Waals surface area contributed by atoms with E-state index >= 15 is 9.59 Å². The van der Waals surface area contributed by atoms with Crippen molar-refractivity contribution >= 4 is 151 Å². The minimum absolute atomic E-state index is 0. The average Bonchev–Trinajstić information content (AvgIpc) is 0.642. The van der Waals surface area contributed by atoms with Crippen molar-refractivity contribution in [3.63, 3.8) is 0 Å². The van der Waals surface area contributed by atoms with Gasteiger partial charge in [0.1, 0.15) is 95.5 Å². The van der Waals surface area contributed by atoms with Crippen LogP contribution in [0, 0.1) is 0 Å². The first kappa shape index (κ1) is 84.7. The van der Waals surface area contributed by atoms with Crippen LogP contribution in [0.2, 0.25) is 0 Å². The molecule has 0 heterocycles. The molecule has 0 saturated heterocycles. The Kier molecular flexibility index (Phi) is 26.1. The number of aliphatic carboxylic acids is 2.